The molecule has 0 aliphatic carbocycles. The van der Waals surface area contributed by atoms with E-state index in [9.17, 15) is 26.3 Å². The summed E-state index contributed by atoms with van der Waals surface area (Å²) in [6.45, 7) is 1.97. The summed E-state index contributed by atoms with van der Waals surface area (Å²) in [5, 5.41) is 0. The minimum absolute atomic E-state index is 0.142. The molecule has 0 bridgehead atoms. The third kappa shape index (κ3) is 6.53. The minimum Gasteiger partial charge on any atom is -0.433 e. The van der Waals surface area contributed by atoms with Gasteiger partial charge in [-0.1, -0.05) is 49.7 Å². The quantitative estimate of drug-likeness (QED) is 0.202. The van der Waals surface area contributed by atoms with Crippen LogP contribution in [0.1, 0.15) is 30.9 Å². The minimum atomic E-state index is -3.55. The Morgan fingerprint density at radius 2 is 1.27 bits per heavy atom. The van der Waals surface area contributed by atoms with Gasteiger partial charge in [-0.3, -0.25) is 0 Å². The topological polar surface area (TPSA) is 9.23 Å². The second-order valence-corrected chi connectivity index (χ2v) is 8.76. The van der Waals surface area contributed by atoms with Crippen LogP contribution >= 0.6 is 0 Å². The van der Waals surface area contributed by atoms with Gasteiger partial charge in [0.1, 0.15) is 29.0 Å². The molecule has 4 aromatic carbocycles. The third-order valence-electron chi connectivity index (χ3n) is 5.97. The molecule has 0 unspecified atom stereocenters. The molecule has 4 rings (SSSR count). The Labute approximate surface area is 211 Å². The molecule has 7 heteroatoms. The van der Waals surface area contributed by atoms with E-state index < -0.39 is 35.8 Å². The van der Waals surface area contributed by atoms with E-state index in [-0.39, 0.29) is 34.4 Å². The molecule has 0 aliphatic rings. The molecule has 0 heterocycles. The summed E-state index contributed by atoms with van der Waals surface area (Å²) in [6, 6.07) is 17.0. The summed E-state index contributed by atoms with van der Waals surface area (Å²) in [6.07, 6.45) is -2.91. The number of ether oxygens (including phenoxy) is 1. The Hall–Kier alpha value is -3.74. The Kier molecular flexibility index (Phi) is 7.91. The van der Waals surface area contributed by atoms with Crippen LogP contribution in [0.25, 0.3) is 22.3 Å². The summed E-state index contributed by atoms with van der Waals surface area (Å²) < 4.78 is 90.4. The zero-order chi connectivity index (χ0) is 26.6. The Morgan fingerprint density at radius 1 is 0.649 bits per heavy atom. The predicted molar refractivity (Wildman–Crippen MR) is 131 cm³/mol. The number of benzene rings is 4. The highest BCUT2D eigenvalue weighted by Crippen LogP contribution is 2.33. The van der Waals surface area contributed by atoms with Crippen LogP contribution in [0.15, 0.2) is 78.9 Å². The van der Waals surface area contributed by atoms with Crippen molar-refractivity contribution in [3.8, 4) is 28.0 Å². The normalized spacial score (nSPS) is 11.5. The first-order valence-corrected chi connectivity index (χ1v) is 11.8. The van der Waals surface area contributed by atoms with Crippen molar-refractivity contribution in [3.05, 3.63) is 113 Å². The van der Waals surface area contributed by atoms with Crippen LogP contribution in [0.2, 0.25) is 0 Å². The SMILES string of the molecule is CCCc1ccc(CCC(F)(F)Oc2ccc(-c3cc(F)c(-c4ccc(F)cc4)c(F)c3)cc2)c(F)c1. The maximum absolute atomic E-state index is 14.7. The van der Waals surface area contributed by atoms with E-state index in [2.05, 4.69) is 0 Å². The second-order valence-electron chi connectivity index (χ2n) is 8.76. The van der Waals surface area contributed by atoms with Crippen LogP contribution in [0.4, 0.5) is 26.3 Å². The van der Waals surface area contributed by atoms with Crippen molar-refractivity contribution >= 4 is 0 Å². The fraction of sp³-hybridized carbons (Fsp3) is 0.200. The molecule has 1 nitrogen and oxygen atoms in total. The summed E-state index contributed by atoms with van der Waals surface area (Å²) in [7, 11) is 0. The van der Waals surface area contributed by atoms with Gasteiger partial charge in [-0.15, -0.1) is 0 Å². The van der Waals surface area contributed by atoms with Gasteiger partial charge in [0.15, 0.2) is 0 Å². The summed E-state index contributed by atoms with van der Waals surface area (Å²) in [4.78, 5) is 0. The van der Waals surface area contributed by atoms with Crippen LogP contribution in [-0.4, -0.2) is 6.11 Å². The molecule has 0 saturated carbocycles. The average Bonchev–Trinajstić information content (AvgIpc) is 2.85. The standard InChI is InChI=1S/C30H24F6O/c1-2-3-19-4-5-21(26(32)16-19)14-15-30(35,36)37-25-12-8-20(9-13-25)23-17-27(33)29(28(34)18-23)22-6-10-24(31)11-7-22/h4-13,16-18H,2-3,14-15H2,1H3. The lowest BCUT2D eigenvalue weighted by Crippen LogP contribution is -2.25. The van der Waals surface area contributed by atoms with Gasteiger partial charge in [-0.05, 0) is 83.1 Å². The third-order valence-corrected chi connectivity index (χ3v) is 5.97. The summed E-state index contributed by atoms with van der Waals surface area (Å²) in [5.74, 6) is -2.87. The maximum Gasteiger partial charge on any atom is 0.398 e. The van der Waals surface area contributed by atoms with Crippen molar-refractivity contribution in [3.63, 3.8) is 0 Å². The predicted octanol–water partition coefficient (Wildman–Crippen LogP) is 9.13. The zero-order valence-corrected chi connectivity index (χ0v) is 20.0. The first-order chi connectivity index (χ1) is 17.6. The van der Waals surface area contributed by atoms with Crippen LogP contribution in [0, 0.1) is 23.3 Å². The van der Waals surface area contributed by atoms with Crippen molar-refractivity contribution in [2.24, 2.45) is 0 Å². The van der Waals surface area contributed by atoms with E-state index in [1.165, 1.54) is 48.5 Å². The highest BCUT2D eigenvalue weighted by atomic mass is 19.3. The van der Waals surface area contributed by atoms with Gasteiger partial charge >= 0.3 is 6.11 Å². The molecule has 0 atom stereocenters. The number of hydrogen-bond acceptors (Lipinski definition) is 1. The molecule has 0 amide bonds. The molecule has 0 aromatic heterocycles. The van der Waals surface area contributed by atoms with Crippen LogP contribution in [0.5, 0.6) is 5.75 Å². The Morgan fingerprint density at radius 3 is 1.86 bits per heavy atom. The lowest BCUT2D eigenvalue weighted by molar-refractivity contribution is -0.180. The molecule has 0 spiro atoms. The molecule has 0 saturated heterocycles. The average molecular weight is 515 g/mol. The molecule has 0 N–H and O–H groups in total. The molecule has 0 radical (unpaired) electrons. The number of hydrogen-bond donors (Lipinski definition) is 0. The van der Waals surface area contributed by atoms with Gasteiger partial charge in [-0.25, -0.2) is 17.6 Å². The van der Waals surface area contributed by atoms with Crippen molar-refractivity contribution in [1.82, 2.24) is 0 Å². The maximum atomic E-state index is 14.7. The Balaban J connectivity index is 1.43. The van der Waals surface area contributed by atoms with Gasteiger partial charge < -0.3 is 4.74 Å². The van der Waals surface area contributed by atoms with Crippen LogP contribution in [-0.2, 0) is 12.8 Å². The molecule has 37 heavy (non-hydrogen) atoms. The molecular formula is C30H24F6O. The van der Waals surface area contributed by atoms with E-state index in [0.717, 1.165) is 36.2 Å². The number of alkyl halides is 2. The molecule has 192 valence electrons. The lowest BCUT2D eigenvalue weighted by atomic mass is 9.99. The van der Waals surface area contributed by atoms with Crippen LogP contribution in [0.3, 0.4) is 0 Å². The molecule has 0 aliphatic heterocycles. The van der Waals surface area contributed by atoms with Gasteiger partial charge in [0.05, 0.1) is 12.0 Å². The largest absolute Gasteiger partial charge is 0.433 e. The number of rotatable bonds is 9. The number of halogens is 6. The summed E-state index contributed by atoms with van der Waals surface area (Å²) in [5.41, 5.74) is 1.48. The lowest BCUT2D eigenvalue weighted by Gasteiger charge is -2.18. The zero-order valence-electron chi connectivity index (χ0n) is 20.0. The van der Waals surface area contributed by atoms with Crippen molar-refractivity contribution < 1.29 is 31.1 Å². The molecular weight excluding hydrogens is 490 g/mol. The second kappa shape index (κ2) is 11.1. The first-order valence-electron chi connectivity index (χ1n) is 11.8. The fourth-order valence-corrected chi connectivity index (χ4v) is 4.09. The molecule has 4 aromatic rings. The monoisotopic (exact) mass is 514 g/mol. The van der Waals surface area contributed by atoms with Crippen molar-refractivity contribution in [2.45, 2.75) is 38.7 Å². The Bertz CT molecular complexity index is 1340. The van der Waals surface area contributed by atoms with Gasteiger partial charge in [0.2, 0.25) is 0 Å². The number of aryl methyl sites for hydroxylation is 2. The summed E-state index contributed by atoms with van der Waals surface area (Å²) >= 11 is 0. The van der Waals surface area contributed by atoms with Gasteiger partial charge in [0.25, 0.3) is 0 Å². The smallest absolute Gasteiger partial charge is 0.398 e. The van der Waals surface area contributed by atoms with Gasteiger partial charge in [-0.2, -0.15) is 8.78 Å². The van der Waals surface area contributed by atoms with E-state index in [1.54, 1.807) is 6.07 Å². The van der Waals surface area contributed by atoms with Gasteiger partial charge in [0, 0.05) is 0 Å². The van der Waals surface area contributed by atoms with Crippen molar-refractivity contribution in [2.75, 3.05) is 0 Å². The first kappa shape index (κ1) is 26.3. The van der Waals surface area contributed by atoms with E-state index in [4.69, 9.17) is 4.74 Å². The van der Waals surface area contributed by atoms with Crippen LogP contribution < -0.4 is 4.74 Å². The van der Waals surface area contributed by atoms with Crippen molar-refractivity contribution in [1.29, 1.82) is 0 Å². The highest BCUT2D eigenvalue weighted by Gasteiger charge is 2.31. The van der Waals surface area contributed by atoms with E-state index in [0.29, 0.717) is 12.0 Å². The fourth-order valence-electron chi connectivity index (χ4n) is 4.09. The highest BCUT2D eigenvalue weighted by molar-refractivity contribution is 5.72. The van der Waals surface area contributed by atoms with E-state index in [1.807, 2.05) is 6.92 Å². The van der Waals surface area contributed by atoms with E-state index >= 15 is 0 Å². The molecule has 0 fully saturated rings.